The lowest BCUT2D eigenvalue weighted by Crippen LogP contribution is -2.29. The van der Waals surface area contributed by atoms with Crippen molar-refractivity contribution in [3.05, 3.63) is 58.5 Å². The van der Waals surface area contributed by atoms with Crippen LogP contribution < -0.4 is 17.0 Å². The van der Waals surface area contributed by atoms with E-state index in [1.54, 1.807) is 25.3 Å². The Hall–Kier alpha value is -1.98. The molecule has 100 valence electrons. The molecule has 1 unspecified atom stereocenters. The van der Waals surface area contributed by atoms with Crippen molar-refractivity contribution >= 4 is 5.82 Å². The lowest BCUT2D eigenvalue weighted by Gasteiger charge is -2.19. The highest BCUT2D eigenvalue weighted by Gasteiger charge is 2.17. The zero-order valence-electron chi connectivity index (χ0n) is 10.9. The molecule has 2 aromatic rings. The van der Waals surface area contributed by atoms with Crippen LogP contribution in [0.2, 0.25) is 0 Å². The minimum atomic E-state index is -0.313. The van der Waals surface area contributed by atoms with E-state index >= 15 is 0 Å². The first-order valence-corrected chi connectivity index (χ1v) is 5.97. The first-order valence-electron chi connectivity index (χ1n) is 5.97. The van der Waals surface area contributed by atoms with Gasteiger partial charge in [0.25, 0.3) is 0 Å². The lowest BCUT2D eigenvalue weighted by atomic mass is 9.97. The Morgan fingerprint density at radius 2 is 2.00 bits per heavy atom. The number of aromatic nitrogens is 1. The van der Waals surface area contributed by atoms with E-state index < -0.39 is 0 Å². The van der Waals surface area contributed by atoms with Crippen molar-refractivity contribution < 1.29 is 4.39 Å². The van der Waals surface area contributed by atoms with Gasteiger partial charge in [-0.1, -0.05) is 12.1 Å². The molecule has 0 aliphatic carbocycles. The van der Waals surface area contributed by atoms with Crippen LogP contribution in [0.4, 0.5) is 10.2 Å². The smallest absolute Gasteiger partial charge is 0.128 e. The highest BCUT2D eigenvalue weighted by atomic mass is 19.1. The number of hydrogen-bond acceptors (Lipinski definition) is 4. The number of hydrogen-bond donors (Lipinski definition) is 3. The van der Waals surface area contributed by atoms with Crippen LogP contribution >= 0.6 is 0 Å². The molecule has 1 aromatic carbocycles. The number of nitrogen functional groups attached to an aromatic ring is 1. The summed E-state index contributed by atoms with van der Waals surface area (Å²) < 4.78 is 13.3. The molecule has 5 heteroatoms. The molecule has 0 fully saturated rings. The Labute approximate surface area is 111 Å². The van der Waals surface area contributed by atoms with Gasteiger partial charge in [0.15, 0.2) is 0 Å². The predicted octanol–water partition coefficient (Wildman–Crippen LogP) is 1.97. The van der Waals surface area contributed by atoms with Crippen molar-refractivity contribution in [3.8, 4) is 0 Å². The summed E-state index contributed by atoms with van der Waals surface area (Å²) in [4.78, 5) is 4.12. The minimum absolute atomic E-state index is 0.241. The quantitative estimate of drug-likeness (QED) is 0.582. The van der Waals surface area contributed by atoms with Gasteiger partial charge in [0.2, 0.25) is 0 Å². The average molecular weight is 260 g/mol. The number of aryl methyl sites for hydroxylation is 2. The number of benzene rings is 1. The number of nitrogens with zero attached hydrogens (tertiary/aromatic N) is 1. The monoisotopic (exact) mass is 260 g/mol. The molecule has 0 amide bonds. The summed E-state index contributed by atoms with van der Waals surface area (Å²) in [6.07, 6.45) is 1.70. The summed E-state index contributed by atoms with van der Waals surface area (Å²) in [5.41, 5.74) is 11.8. The summed E-state index contributed by atoms with van der Waals surface area (Å²) in [7, 11) is 0. The topological polar surface area (TPSA) is 77.0 Å². The van der Waals surface area contributed by atoms with Crippen molar-refractivity contribution in [2.75, 3.05) is 5.73 Å². The number of halogens is 1. The summed E-state index contributed by atoms with van der Waals surface area (Å²) in [6.45, 7) is 3.64. The first-order chi connectivity index (χ1) is 9.02. The Kier molecular flexibility index (Phi) is 3.78. The van der Waals surface area contributed by atoms with Gasteiger partial charge < -0.3 is 5.73 Å². The first kappa shape index (κ1) is 13.5. The van der Waals surface area contributed by atoms with Crippen molar-refractivity contribution in [1.29, 1.82) is 0 Å². The van der Waals surface area contributed by atoms with Crippen LogP contribution in [0.1, 0.15) is 28.3 Å². The maximum absolute atomic E-state index is 13.3. The van der Waals surface area contributed by atoms with Crippen LogP contribution in [-0.2, 0) is 0 Å². The number of anilines is 1. The van der Waals surface area contributed by atoms with Crippen molar-refractivity contribution in [2.45, 2.75) is 19.9 Å². The van der Waals surface area contributed by atoms with Gasteiger partial charge in [-0.2, -0.15) is 0 Å². The summed E-state index contributed by atoms with van der Waals surface area (Å²) in [6, 6.07) is 6.47. The SMILES string of the molecule is Cc1cnc(N)c(C(NN)c2ccc(F)c(C)c2)c1. The maximum Gasteiger partial charge on any atom is 0.128 e. The molecule has 1 heterocycles. The molecule has 0 aliphatic rings. The molecule has 19 heavy (non-hydrogen) atoms. The molecule has 0 saturated carbocycles. The van der Waals surface area contributed by atoms with Crippen LogP contribution in [0.3, 0.4) is 0 Å². The molecule has 4 nitrogen and oxygen atoms in total. The van der Waals surface area contributed by atoms with Gasteiger partial charge in [-0.25, -0.2) is 14.8 Å². The van der Waals surface area contributed by atoms with E-state index in [4.69, 9.17) is 11.6 Å². The van der Waals surface area contributed by atoms with E-state index in [1.807, 2.05) is 13.0 Å². The van der Waals surface area contributed by atoms with Gasteiger partial charge in [0, 0.05) is 11.8 Å². The van der Waals surface area contributed by atoms with Gasteiger partial charge in [0.1, 0.15) is 11.6 Å². The van der Waals surface area contributed by atoms with Gasteiger partial charge in [-0.15, -0.1) is 0 Å². The second-order valence-electron chi connectivity index (χ2n) is 4.60. The number of hydrazine groups is 1. The molecular formula is C14H17FN4. The van der Waals surface area contributed by atoms with Crippen molar-refractivity contribution in [1.82, 2.24) is 10.4 Å². The third-order valence-corrected chi connectivity index (χ3v) is 3.08. The number of nitrogens with one attached hydrogen (secondary N) is 1. The fourth-order valence-electron chi connectivity index (χ4n) is 2.05. The van der Waals surface area contributed by atoms with E-state index in [0.717, 1.165) is 16.7 Å². The molecular weight excluding hydrogens is 243 g/mol. The molecule has 0 radical (unpaired) electrons. The fraction of sp³-hybridized carbons (Fsp3) is 0.214. The molecule has 0 saturated heterocycles. The minimum Gasteiger partial charge on any atom is -0.383 e. The Morgan fingerprint density at radius 3 is 2.63 bits per heavy atom. The fourth-order valence-corrected chi connectivity index (χ4v) is 2.05. The van der Waals surface area contributed by atoms with E-state index in [0.29, 0.717) is 11.4 Å². The highest BCUT2D eigenvalue weighted by molar-refractivity contribution is 5.47. The van der Waals surface area contributed by atoms with Gasteiger partial charge in [-0.05, 0) is 42.7 Å². The van der Waals surface area contributed by atoms with Crippen LogP contribution in [0.15, 0.2) is 30.5 Å². The van der Waals surface area contributed by atoms with E-state index in [-0.39, 0.29) is 11.9 Å². The average Bonchev–Trinajstić information content (AvgIpc) is 2.38. The van der Waals surface area contributed by atoms with Gasteiger partial charge in [-0.3, -0.25) is 5.84 Å². The lowest BCUT2D eigenvalue weighted by molar-refractivity contribution is 0.607. The molecule has 5 N–H and O–H groups in total. The maximum atomic E-state index is 13.3. The molecule has 0 spiro atoms. The zero-order valence-corrected chi connectivity index (χ0v) is 10.9. The van der Waals surface area contributed by atoms with Crippen LogP contribution in [0, 0.1) is 19.7 Å². The second-order valence-corrected chi connectivity index (χ2v) is 4.60. The van der Waals surface area contributed by atoms with Crippen LogP contribution in [-0.4, -0.2) is 4.98 Å². The van der Waals surface area contributed by atoms with Crippen molar-refractivity contribution in [3.63, 3.8) is 0 Å². The standard InChI is InChI=1S/C14H17FN4/c1-8-5-11(14(16)18-7-8)13(19-17)10-3-4-12(15)9(2)6-10/h3-7,13,19H,17H2,1-2H3,(H2,16,18). The highest BCUT2D eigenvalue weighted by Crippen LogP contribution is 2.26. The molecule has 0 bridgehead atoms. The summed E-state index contributed by atoms with van der Waals surface area (Å²) >= 11 is 0. The normalized spacial score (nSPS) is 12.4. The van der Waals surface area contributed by atoms with E-state index in [2.05, 4.69) is 10.4 Å². The third kappa shape index (κ3) is 2.72. The van der Waals surface area contributed by atoms with Gasteiger partial charge >= 0.3 is 0 Å². The zero-order chi connectivity index (χ0) is 14.0. The van der Waals surface area contributed by atoms with Gasteiger partial charge in [0.05, 0.1) is 6.04 Å². The summed E-state index contributed by atoms with van der Waals surface area (Å²) in [5.74, 6) is 5.79. The molecule has 1 aromatic heterocycles. The molecule has 2 rings (SSSR count). The molecule has 0 aliphatic heterocycles. The van der Waals surface area contributed by atoms with E-state index in [1.165, 1.54) is 6.07 Å². The Balaban J connectivity index is 2.49. The number of rotatable bonds is 3. The van der Waals surface area contributed by atoms with Crippen molar-refractivity contribution in [2.24, 2.45) is 5.84 Å². The predicted molar refractivity (Wildman–Crippen MR) is 73.7 cm³/mol. The second kappa shape index (κ2) is 5.34. The number of pyridine rings is 1. The Morgan fingerprint density at radius 1 is 1.26 bits per heavy atom. The number of nitrogens with two attached hydrogens (primary N) is 2. The molecule has 1 atom stereocenters. The largest absolute Gasteiger partial charge is 0.383 e. The van der Waals surface area contributed by atoms with Crippen LogP contribution in [0.25, 0.3) is 0 Å². The third-order valence-electron chi connectivity index (χ3n) is 3.08. The van der Waals surface area contributed by atoms with E-state index in [9.17, 15) is 4.39 Å². The van der Waals surface area contributed by atoms with Crippen LogP contribution in [0.5, 0.6) is 0 Å². The Bertz CT molecular complexity index is 598. The summed E-state index contributed by atoms with van der Waals surface area (Å²) in [5, 5.41) is 0.